The third kappa shape index (κ3) is 6.40. The van der Waals surface area contributed by atoms with Crippen LogP contribution >= 0.6 is 0 Å². The fraction of sp³-hybridized carbons (Fsp3) is 0.474. The SMILES string of the molecule is CC(=N)C(NC(=O)c1ccccc1O)C(C)NC(=O)C(NC(C)=O)C(C)C. The third-order valence-electron chi connectivity index (χ3n) is 4.08. The smallest absolute Gasteiger partial charge is 0.255 e. The van der Waals surface area contributed by atoms with Gasteiger partial charge >= 0.3 is 0 Å². The molecule has 1 aromatic carbocycles. The number of aromatic hydroxyl groups is 1. The normalized spacial score (nSPS) is 14.0. The van der Waals surface area contributed by atoms with Crippen molar-refractivity contribution in [2.75, 3.05) is 0 Å². The molecule has 0 fully saturated rings. The number of rotatable bonds is 8. The van der Waals surface area contributed by atoms with Crippen molar-refractivity contribution in [3.63, 3.8) is 0 Å². The highest BCUT2D eigenvalue weighted by Gasteiger charge is 2.29. The first kappa shape index (κ1) is 22.1. The molecule has 3 unspecified atom stereocenters. The van der Waals surface area contributed by atoms with Gasteiger partial charge in [-0.15, -0.1) is 0 Å². The molecule has 0 saturated heterocycles. The first-order valence-electron chi connectivity index (χ1n) is 8.76. The van der Waals surface area contributed by atoms with Crippen LogP contribution in [0, 0.1) is 11.3 Å². The molecule has 0 aliphatic carbocycles. The fourth-order valence-corrected chi connectivity index (χ4v) is 2.64. The molecule has 0 aliphatic rings. The zero-order valence-electron chi connectivity index (χ0n) is 16.3. The summed E-state index contributed by atoms with van der Waals surface area (Å²) in [5.41, 5.74) is 0.229. The van der Waals surface area contributed by atoms with E-state index in [0.29, 0.717) is 0 Å². The van der Waals surface area contributed by atoms with Crippen molar-refractivity contribution in [2.24, 2.45) is 5.92 Å². The molecule has 148 valence electrons. The summed E-state index contributed by atoms with van der Waals surface area (Å²) in [6.07, 6.45) is 0. The van der Waals surface area contributed by atoms with Crippen molar-refractivity contribution in [3.05, 3.63) is 29.8 Å². The summed E-state index contributed by atoms with van der Waals surface area (Å²) in [4.78, 5) is 36.3. The average molecular weight is 376 g/mol. The minimum Gasteiger partial charge on any atom is -0.507 e. The molecule has 1 rings (SSSR count). The predicted octanol–water partition coefficient (Wildman–Crippen LogP) is 1.20. The molecule has 3 amide bonds. The highest BCUT2D eigenvalue weighted by atomic mass is 16.3. The molecule has 0 radical (unpaired) electrons. The lowest BCUT2D eigenvalue weighted by molar-refractivity contribution is -0.129. The molecular formula is C19H28N4O4. The lowest BCUT2D eigenvalue weighted by Gasteiger charge is -2.28. The second-order valence-corrected chi connectivity index (χ2v) is 6.87. The van der Waals surface area contributed by atoms with Crippen LogP contribution in [-0.4, -0.2) is 46.7 Å². The van der Waals surface area contributed by atoms with Crippen LogP contribution in [0.1, 0.15) is 45.0 Å². The Morgan fingerprint density at radius 2 is 1.56 bits per heavy atom. The van der Waals surface area contributed by atoms with Gasteiger partial charge in [-0.05, 0) is 31.9 Å². The number of benzene rings is 1. The maximum atomic E-state index is 12.5. The zero-order chi connectivity index (χ0) is 20.7. The van der Waals surface area contributed by atoms with E-state index in [2.05, 4.69) is 16.0 Å². The van der Waals surface area contributed by atoms with Gasteiger partial charge in [-0.1, -0.05) is 26.0 Å². The van der Waals surface area contributed by atoms with Crippen LogP contribution in [0.15, 0.2) is 24.3 Å². The van der Waals surface area contributed by atoms with E-state index in [0.717, 1.165) is 0 Å². The fourth-order valence-electron chi connectivity index (χ4n) is 2.64. The molecule has 3 atom stereocenters. The minimum absolute atomic E-state index is 0.0839. The summed E-state index contributed by atoms with van der Waals surface area (Å²) >= 11 is 0. The molecule has 0 aliphatic heterocycles. The van der Waals surface area contributed by atoms with Crippen LogP contribution in [-0.2, 0) is 9.59 Å². The Hall–Kier alpha value is -2.90. The van der Waals surface area contributed by atoms with E-state index in [9.17, 15) is 19.5 Å². The third-order valence-corrected chi connectivity index (χ3v) is 4.08. The van der Waals surface area contributed by atoms with E-state index in [1.54, 1.807) is 19.1 Å². The molecule has 27 heavy (non-hydrogen) atoms. The monoisotopic (exact) mass is 376 g/mol. The summed E-state index contributed by atoms with van der Waals surface area (Å²) in [5.74, 6) is -1.55. The second-order valence-electron chi connectivity index (χ2n) is 6.87. The van der Waals surface area contributed by atoms with Gasteiger partial charge in [0, 0.05) is 12.6 Å². The number of para-hydroxylation sites is 1. The van der Waals surface area contributed by atoms with Crippen molar-refractivity contribution >= 4 is 23.4 Å². The Morgan fingerprint density at radius 1 is 0.963 bits per heavy atom. The van der Waals surface area contributed by atoms with Crippen LogP contribution in [0.5, 0.6) is 5.75 Å². The number of hydrogen-bond donors (Lipinski definition) is 5. The predicted molar refractivity (Wildman–Crippen MR) is 103 cm³/mol. The van der Waals surface area contributed by atoms with Gasteiger partial charge < -0.3 is 26.5 Å². The van der Waals surface area contributed by atoms with Crippen LogP contribution in [0.4, 0.5) is 0 Å². The molecular weight excluding hydrogens is 348 g/mol. The van der Waals surface area contributed by atoms with Gasteiger partial charge in [0.1, 0.15) is 11.8 Å². The Kier molecular flexibility index (Phi) is 7.96. The van der Waals surface area contributed by atoms with E-state index in [-0.39, 0.29) is 28.8 Å². The molecule has 0 aromatic heterocycles. The standard InChI is InChI=1S/C19H28N4O4/c1-10(2)16(22-13(5)24)19(27)21-12(4)17(11(3)20)23-18(26)14-8-6-7-9-15(14)25/h6-10,12,16-17,20,25H,1-5H3,(H,21,27)(H,22,24)(H,23,26). The van der Waals surface area contributed by atoms with Gasteiger partial charge in [-0.2, -0.15) is 0 Å². The summed E-state index contributed by atoms with van der Waals surface area (Å²) in [7, 11) is 0. The summed E-state index contributed by atoms with van der Waals surface area (Å²) in [6.45, 7) is 8.14. The summed E-state index contributed by atoms with van der Waals surface area (Å²) in [6, 6.07) is 3.99. The molecule has 0 bridgehead atoms. The second kappa shape index (κ2) is 9.70. The summed E-state index contributed by atoms with van der Waals surface area (Å²) < 4.78 is 0. The number of phenolic OH excluding ortho intramolecular Hbond substituents is 1. The highest BCUT2D eigenvalue weighted by molar-refractivity contribution is 6.00. The number of nitrogens with one attached hydrogen (secondary N) is 4. The lowest BCUT2D eigenvalue weighted by atomic mass is 10.0. The summed E-state index contributed by atoms with van der Waals surface area (Å²) in [5, 5.41) is 25.8. The Labute approximate surface area is 159 Å². The zero-order valence-corrected chi connectivity index (χ0v) is 16.3. The van der Waals surface area contributed by atoms with Crippen molar-refractivity contribution in [2.45, 2.75) is 52.7 Å². The van der Waals surface area contributed by atoms with Crippen LogP contribution in [0.2, 0.25) is 0 Å². The molecule has 8 nitrogen and oxygen atoms in total. The van der Waals surface area contributed by atoms with E-state index in [4.69, 9.17) is 5.41 Å². The molecule has 0 heterocycles. The number of phenols is 1. The van der Waals surface area contributed by atoms with E-state index in [1.165, 1.54) is 26.0 Å². The number of carbonyl (C=O) groups excluding carboxylic acids is 3. The van der Waals surface area contributed by atoms with E-state index < -0.39 is 29.9 Å². The van der Waals surface area contributed by atoms with Gasteiger partial charge in [0.2, 0.25) is 11.8 Å². The minimum atomic E-state index is -0.772. The number of amides is 3. The number of hydrogen-bond acceptors (Lipinski definition) is 5. The highest BCUT2D eigenvalue weighted by Crippen LogP contribution is 2.15. The lowest BCUT2D eigenvalue weighted by Crippen LogP contribution is -2.58. The Bertz CT molecular complexity index is 717. The van der Waals surface area contributed by atoms with E-state index >= 15 is 0 Å². The van der Waals surface area contributed by atoms with Gasteiger partial charge in [0.15, 0.2) is 0 Å². The van der Waals surface area contributed by atoms with Crippen LogP contribution in [0.25, 0.3) is 0 Å². The quantitative estimate of drug-likeness (QED) is 0.436. The van der Waals surface area contributed by atoms with Crippen molar-refractivity contribution in [1.82, 2.24) is 16.0 Å². The van der Waals surface area contributed by atoms with Crippen LogP contribution in [0.3, 0.4) is 0 Å². The number of carbonyl (C=O) groups is 3. The maximum absolute atomic E-state index is 12.5. The van der Waals surface area contributed by atoms with Crippen molar-refractivity contribution in [1.29, 1.82) is 5.41 Å². The van der Waals surface area contributed by atoms with Gasteiger partial charge in [-0.25, -0.2) is 0 Å². The Balaban J connectivity index is 2.89. The average Bonchev–Trinajstić information content (AvgIpc) is 2.56. The van der Waals surface area contributed by atoms with E-state index in [1.807, 2.05) is 13.8 Å². The van der Waals surface area contributed by atoms with Gasteiger partial charge in [-0.3, -0.25) is 14.4 Å². The van der Waals surface area contributed by atoms with Gasteiger partial charge in [0.05, 0.1) is 17.6 Å². The van der Waals surface area contributed by atoms with Crippen molar-refractivity contribution in [3.8, 4) is 5.75 Å². The first-order valence-corrected chi connectivity index (χ1v) is 8.76. The van der Waals surface area contributed by atoms with Crippen LogP contribution < -0.4 is 16.0 Å². The largest absolute Gasteiger partial charge is 0.507 e. The molecule has 1 aromatic rings. The first-order chi connectivity index (χ1) is 12.5. The Morgan fingerprint density at radius 3 is 2.04 bits per heavy atom. The molecule has 8 heteroatoms. The topological polar surface area (TPSA) is 131 Å². The molecule has 5 N–H and O–H groups in total. The van der Waals surface area contributed by atoms with Crippen molar-refractivity contribution < 1.29 is 19.5 Å². The molecule has 0 spiro atoms. The van der Waals surface area contributed by atoms with Gasteiger partial charge in [0.25, 0.3) is 5.91 Å². The molecule has 0 saturated carbocycles. The maximum Gasteiger partial charge on any atom is 0.255 e.